The third kappa shape index (κ3) is 27.1. The van der Waals surface area contributed by atoms with Crippen molar-refractivity contribution in [1.82, 2.24) is 60.3 Å². The Hall–Kier alpha value is -6.05. The van der Waals surface area contributed by atoms with Gasteiger partial charge in [-0.15, -0.1) is 26.6 Å². The van der Waals surface area contributed by atoms with E-state index in [1.165, 1.54) is 135 Å². The van der Waals surface area contributed by atoms with Crippen LogP contribution in [0, 0.1) is 0 Å². The number of alkyl halides is 10. The Morgan fingerprint density at radius 1 is 0.440 bits per heavy atom. The number of thiazole rings is 1. The molecule has 6 aromatic heterocycles. The van der Waals surface area contributed by atoms with Crippen LogP contribution in [0.4, 0.5) is 43.9 Å². The molecule has 0 bridgehead atoms. The maximum atomic E-state index is 13.9. The molecule has 0 radical (unpaired) electrons. The van der Waals surface area contributed by atoms with Gasteiger partial charge in [-0.1, -0.05) is 242 Å². The molecule has 6 heterocycles. The smallest absolute Gasteiger partial charge is 0.399 e. The van der Waals surface area contributed by atoms with Crippen LogP contribution in [0.2, 0.25) is 0 Å². The zero-order chi connectivity index (χ0) is 92.1. The second-order valence-corrected chi connectivity index (χ2v) is 43.3. The minimum absolute atomic E-state index is 0.0435. The normalized spacial score (nSPS) is 12.4. The topological polar surface area (TPSA) is 467 Å². The molecule has 13 rings (SSSR count). The first kappa shape index (κ1) is 103. The van der Waals surface area contributed by atoms with Crippen LogP contribution in [0.25, 0.3) is 33.6 Å². The van der Waals surface area contributed by atoms with Crippen molar-refractivity contribution in [1.29, 1.82) is 0 Å². The van der Waals surface area contributed by atoms with Gasteiger partial charge in [0, 0.05) is 127 Å². The summed E-state index contributed by atoms with van der Waals surface area (Å²) in [6.45, 7) is 0. The molecule has 0 aliphatic heterocycles. The molecule has 0 fully saturated rings. The van der Waals surface area contributed by atoms with Gasteiger partial charge in [0.1, 0.15) is 0 Å². The van der Waals surface area contributed by atoms with Gasteiger partial charge in [0.2, 0.25) is 11.0 Å². The number of aromatic amines is 1. The fourth-order valence-electron chi connectivity index (χ4n) is 9.76. The molecule has 11 N–H and O–H groups in total. The van der Waals surface area contributed by atoms with Gasteiger partial charge in [-0.3, -0.25) is 32.6 Å². The number of nitrogens with one attached hydrogen (secondary N) is 1. The maximum absolute atomic E-state index is 13.9. The number of tetrazole rings is 1. The van der Waals surface area contributed by atoms with Crippen molar-refractivity contribution in [2.75, 3.05) is 0 Å². The Labute approximate surface area is 766 Å². The van der Waals surface area contributed by atoms with Crippen molar-refractivity contribution in [2.24, 2.45) is 7.05 Å². The number of aromatic nitrogens is 12. The lowest BCUT2D eigenvalue weighted by Crippen LogP contribution is -2.14. The van der Waals surface area contributed by atoms with E-state index in [0.29, 0.717) is 88.5 Å². The van der Waals surface area contributed by atoms with Crippen LogP contribution in [0.15, 0.2) is 251 Å². The van der Waals surface area contributed by atoms with Crippen LogP contribution >= 0.6 is 188 Å². The summed E-state index contributed by atoms with van der Waals surface area (Å²) in [5, 5.41) is 22.9. The van der Waals surface area contributed by atoms with Crippen LogP contribution < -0.4 is 5.56 Å². The fraction of sp³-hybridized carbons (Fsp3) is 0.157. The molecule has 13 aromatic rings. The highest BCUT2D eigenvalue weighted by Gasteiger charge is 2.55. The Bertz CT molecular complexity index is 6130. The number of H-pyrrole nitrogens is 1. The molecular weight excluding hydrogens is 2220 g/mol. The highest BCUT2D eigenvalue weighted by molar-refractivity contribution is 9.11. The van der Waals surface area contributed by atoms with Gasteiger partial charge >= 0.3 is 66.3 Å². The van der Waals surface area contributed by atoms with Crippen LogP contribution in [-0.2, 0) is 87.0 Å². The molecule has 0 amide bonds. The van der Waals surface area contributed by atoms with Crippen molar-refractivity contribution in [3.8, 4) is 22.7 Å². The number of hydrogen-bond donors (Lipinski definition) is 11. The molecule has 0 aliphatic rings. The molecule has 0 saturated carbocycles. The molecule has 0 spiro atoms. The number of thioether (sulfide) groups is 5. The van der Waals surface area contributed by atoms with E-state index in [1.54, 1.807) is 74.3 Å². The molecule has 7 aromatic carbocycles. The van der Waals surface area contributed by atoms with Gasteiger partial charge in [-0.2, -0.15) is 43.9 Å². The standard InChI is InChI=1S/C17H13BrF2NO3PS2.C16H12BrF2N2O4PS.C15H11BrF2N3O4PS.C12H10BrF2N2O3PS.C10H10BrF2N4O3PS/c18-14-8-11(6-7-13(14)17(19,20)25(22,23)24)9-26-16-21-15(10-27-16)12-4-2-1-3-5-12;17-12-7-9(5-6-11(12)16(18,19)26(23,24)25)8-27-15-20-13-4-2-1-3-10(13)14(22)21-15;16-12-7-9(1-2-11(12)15(17,18)26(22,23)24)8-27-14-21-20-13(25-14)10-3-5-19-6-4-10;13-10-6-8(7-22-11-16-4-1-5-17-11)2-3-9(10)12(14,15)21(18,19)20;1-17-9(14-15-16-17)22-5-6-2-3-7(8(11)4-6)10(12,13)21(18,19)20/h1-8,10H,9H2,(H2,22,23,24);1-7H,8H2,(H,20,21,22)(H2,23,24,25);1-7H,8H2,(H2,22,23,24);1-6H,7H2,(H2,18,19,20);2-4H,5H2,1H3,(H2,18,19,20). The Balaban J connectivity index is 0.000000177. The molecule has 0 atom stereocenters. The third-order valence-corrected chi connectivity index (χ3v) is 30.2. The maximum Gasteiger partial charge on any atom is 0.399 e. The van der Waals surface area contributed by atoms with Crippen molar-refractivity contribution >= 4 is 199 Å². The summed E-state index contributed by atoms with van der Waals surface area (Å²) in [7, 11) is -26.4. The average molecular weight is 2270 g/mol. The summed E-state index contributed by atoms with van der Waals surface area (Å²) in [6, 6.07) is 40.6. The highest BCUT2D eigenvalue weighted by Crippen LogP contribution is 2.65. The van der Waals surface area contributed by atoms with E-state index in [-0.39, 0.29) is 27.9 Å². The van der Waals surface area contributed by atoms with Crippen molar-refractivity contribution in [3.05, 3.63) is 282 Å². The molecule has 0 unspecified atom stereocenters. The zero-order valence-electron chi connectivity index (χ0n) is 62.1. The second kappa shape index (κ2) is 43.3. The summed E-state index contributed by atoms with van der Waals surface area (Å²) in [5.41, 5.74) is -18.9. The Kier molecular flexibility index (Phi) is 35.6. The molecule has 125 heavy (non-hydrogen) atoms. The Morgan fingerprint density at radius 2 is 0.832 bits per heavy atom. The van der Waals surface area contributed by atoms with E-state index >= 15 is 0 Å². The SMILES string of the molecule is Cn1nnnc1SCc1ccc(C(F)(F)P(=O)(O)O)c(Br)c1.O=P(O)(O)C(F)(F)c1ccc(CSc2nc(-c3ccccc3)cs2)cc1Br.O=P(O)(O)C(F)(F)c1ccc(CSc2ncccn2)cc1Br.O=P(O)(O)C(F)(F)c1ccc(CSc2nnc(-c3ccncc3)o2)cc1Br.O=c1[nH]c(SCc2ccc(C(F)(F)P(=O)(O)O)c(Br)c2)nc2ccccc12. The van der Waals surface area contributed by atoms with Gasteiger partial charge in [0.05, 0.1) is 16.6 Å². The van der Waals surface area contributed by atoms with E-state index < -0.39 is 94.1 Å². The first-order valence-corrected chi connectivity index (χ1v) is 51.6. The number of pyridine rings is 1. The number of aryl methyl sites for hydroxylation is 1. The summed E-state index contributed by atoms with van der Waals surface area (Å²) >= 11 is 22.7. The lowest BCUT2D eigenvalue weighted by molar-refractivity contribution is 0.0557. The number of para-hydroxylation sites is 1. The van der Waals surface area contributed by atoms with Gasteiger partial charge in [0.15, 0.2) is 14.7 Å². The number of benzene rings is 7. The van der Waals surface area contributed by atoms with Crippen LogP contribution in [0.3, 0.4) is 0 Å². The molecule has 0 saturated heterocycles. The minimum Gasteiger partial charge on any atom is -0.411 e. The number of hydrogen-bond acceptors (Lipinski definition) is 23. The predicted molar refractivity (Wildman–Crippen MR) is 466 cm³/mol. The summed E-state index contributed by atoms with van der Waals surface area (Å²) in [5.74, 6) is 2.30. The van der Waals surface area contributed by atoms with E-state index in [2.05, 4.69) is 135 Å². The molecule has 664 valence electrons. The highest BCUT2D eigenvalue weighted by atomic mass is 79.9. The zero-order valence-corrected chi connectivity index (χ0v) is 79.4. The van der Waals surface area contributed by atoms with Crippen molar-refractivity contribution < 1.29 is 120 Å². The van der Waals surface area contributed by atoms with Crippen LogP contribution in [0.5, 0.6) is 0 Å². The van der Waals surface area contributed by atoms with Gasteiger partial charge in [0.25, 0.3) is 10.8 Å². The molecular formula is C70H56Br5F10N12O17P5S6. The van der Waals surface area contributed by atoms with E-state index in [4.69, 9.17) is 53.4 Å². The first-order chi connectivity index (χ1) is 58.3. The minimum atomic E-state index is -5.64. The van der Waals surface area contributed by atoms with Crippen LogP contribution in [-0.4, -0.2) is 109 Å². The van der Waals surface area contributed by atoms with E-state index in [9.17, 15) is 71.5 Å². The van der Waals surface area contributed by atoms with Crippen molar-refractivity contribution in [2.45, 2.75) is 82.1 Å². The first-order valence-electron chi connectivity index (χ1n) is 33.8. The summed E-state index contributed by atoms with van der Waals surface area (Å²) < 4.78 is 200. The monoisotopic (exact) mass is 2270 g/mol. The molecule has 0 aliphatic carbocycles. The number of rotatable bonds is 27. The van der Waals surface area contributed by atoms with E-state index in [1.807, 2.05) is 35.7 Å². The number of nitrogens with zero attached hydrogens (tertiary/aromatic N) is 11. The van der Waals surface area contributed by atoms with Gasteiger partial charge in [-0.05, 0) is 98.9 Å². The molecule has 55 heteroatoms. The second-order valence-electron chi connectivity index (χ2n) is 24.9. The van der Waals surface area contributed by atoms with Crippen LogP contribution in [0.1, 0.15) is 55.6 Å². The van der Waals surface area contributed by atoms with Gasteiger partial charge < -0.3 is 58.3 Å². The summed E-state index contributed by atoms with van der Waals surface area (Å²) in [4.78, 5) is 124. The lowest BCUT2D eigenvalue weighted by atomic mass is 10.1. The Morgan fingerprint density at radius 3 is 1.24 bits per heavy atom. The fourth-order valence-corrected chi connectivity index (χ4v) is 21.3. The molecule has 29 nitrogen and oxygen atoms in total. The van der Waals surface area contributed by atoms with Gasteiger partial charge in [-0.25, -0.2) is 24.6 Å². The average Bonchev–Trinajstić information content (AvgIpc) is 1.51. The van der Waals surface area contributed by atoms with E-state index in [0.717, 1.165) is 57.1 Å². The third-order valence-electron chi connectivity index (χ3n) is 16.1. The number of halogens is 15. The predicted octanol–water partition coefficient (Wildman–Crippen LogP) is 21.0. The van der Waals surface area contributed by atoms with Crippen molar-refractivity contribution in [3.63, 3.8) is 0 Å². The number of fused-ring (bicyclic) bond motifs is 1. The lowest BCUT2D eigenvalue weighted by Gasteiger charge is -2.19. The largest absolute Gasteiger partial charge is 0.411 e. The quantitative estimate of drug-likeness (QED) is 0.00985. The summed E-state index contributed by atoms with van der Waals surface area (Å²) in [6.07, 6.45) is 6.38.